The normalized spacial score (nSPS) is 20.5. The molecule has 0 radical (unpaired) electrons. The van der Waals surface area contributed by atoms with Crippen LogP contribution in [0, 0.1) is 13.8 Å². The molecule has 0 aromatic carbocycles. The number of hydrogen-bond acceptors (Lipinski definition) is 5. The van der Waals surface area contributed by atoms with E-state index in [1.807, 2.05) is 32.6 Å². The van der Waals surface area contributed by atoms with Gasteiger partial charge in [-0.2, -0.15) is 5.10 Å². The summed E-state index contributed by atoms with van der Waals surface area (Å²) in [4.78, 5) is 26.4. The number of likely N-dealkylation sites (N-methyl/N-ethyl adjacent to an activating group) is 1. The van der Waals surface area contributed by atoms with Crippen LogP contribution in [0.2, 0.25) is 0 Å². The van der Waals surface area contributed by atoms with E-state index < -0.39 is 5.91 Å². The number of nitrogens with zero attached hydrogens (tertiary/aromatic N) is 3. The Hall–Kier alpha value is -2.19. The first-order valence-electron chi connectivity index (χ1n) is 8.16. The number of thiophene rings is 1. The number of carbonyl (C=O) groups excluding carboxylic acids is 2. The van der Waals surface area contributed by atoms with Crippen molar-refractivity contribution in [2.45, 2.75) is 38.9 Å². The van der Waals surface area contributed by atoms with Crippen LogP contribution in [0.3, 0.4) is 0 Å². The van der Waals surface area contributed by atoms with Gasteiger partial charge >= 0.3 is 0 Å². The Morgan fingerprint density at radius 1 is 1.44 bits per heavy atom. The van der Waals surface area contributed by atoms with Crippen molar-refractivity contribution in [2.24, 2.45) is 12.8 Å². The molecule has 0 bridgehead atoms. The van der Waals surface area contributed by atoms with E-state index in [9.17, 15) is 9.59 Å². The zero-order valence-electron chi connectivity index (χ0n) is 14.9. The van der Waals surface area contributed by atoms with Crippen molar-refractivity contribution in [3.05, 3.63) is 38.8 Å². The molecule has 2 atom stereocenters. The Kier molecular flexibility index (Phi) is 4.66. The highest BCUT2D eigenvalue weighted by molar-refractivity contribution is 7.10. The van der Waals surface area contributed by atoms with Crippen LogP contribution < -0.4 is 11.1 Å². The Morgan fingerprint density at radius 2 is 2.16 bits per heavy atom. The molecule has 8 heteroatoms. The summed E-state index contributed by atoms with van der Waals surface area (Å²) in [6, 6.07) is 1.76. The Labute approximate surface area is 150 Å². The third-order valence-corrected chi connectivity index (χ3v) is 5.86. The van der Waals surface area contributed by atoms with Crippen molar-refractivity contribution in [3.8, 4) is 0 Å². The second kappa shape index (κ2) is 6.61. The van der Waals surface area contributed by atoms with Gasteiger partial charge in [-0.1, -0.05) is 0 Å². The van der Waals surface area contributed by atoms with Crippen LogP contribution in [0.1, 0.15) is 44.6 Å². The van der Waals surface area contributed by atoms with Gasteiger partial charge in [-0.15, -0.1) is 11.3 Å². The minimum atomic E-state index is -0.419. The summed E-state index contributed by atoms with van der Waals surface area (Å²) < 4.78 is 1.86. The zero-order valence-corrected chi connectivity index (χ0v) is 15.7. The smallest absolute Gasteiger partial charge is 0.249 e. The maximum absolute atomic E-state index is 12.3. The monoisotopic (exact) mass is 361 g/mol. The summed E-state index contributed by atoms with van der Waals surface area (Å²) in [7, 11) is 3.76. The van der Waals surface area contributed by atoms with Crippen molar-refractivity contribution in [1.82, 2.24) is 20.0 Å². The number of primary amides is 1. The van der Waals surface area contributed by atoms with Crippen molar-refractivity contribution < 1.29 is 9.59 Å². The van der Waals surface area contributed by atoms with Crippen LogP contribution in [0.25, 0.3) is 0 Å². The number of aromatic nitrogens is 2. The summed E-state index contributed by atoms with van der Waals surface area (Å²) in [5.41, 5.74) is 8.96. The van der Waals surface area contributed by atoms with Crippen molar-refractivity contribution in [3.63, 3.8) is 0 Å². The number of likely N-dealkylation sites (tertiary alicyclic amines) is 1. The number of aryl methyl sites for hydroxylation is 2. The summed E-state index contributed by atoms with van der Waals surface area (Å²) in [6.45, 7) is 4.61. The first kappa shape index (κ1) is 17.6. The summed E-state index contributed by atoms with van der Waals surface area (Å²) in [6.07, 6.45) is 0.447. The zero-order chi connectivity index (χ0) is 18.3. The summed E-state index contributed by atoms with van der Waals surface area (Å²) in [5.74, 6) is -0.299. The quantitative estimate of drug-likeness (QED) is 0.838. The maximum Gasteiger partial charge on any atom is 0.249 e. The molecule has 3 heterocycles. The maximum atomic E-state index is 12.3. The molecule has 2 amide bonds. The van der Waals surface area contributed by atoms with Gasteiger partial charge in [0.05, 0.1) is 17.3 Å². The van der Waals surface area contributed by atoms with Gasteiger partial charge in [0.15, 0.2) is 0 Å². The van der Waals surface area contributed by atoms with Gasteiger partial charge in [0, 0.05) is 54.6 Å². The molecular weight excluding hydrogens is 338 g/mol. The van der Waals surface area contributed by atoms with Crippen LogP contribution in [0.4, 0.5) is 0 Å². The lowest BCUT2D eigenvalue weighted by atomic mass is 9.98. The highest BCUT2D eigenvalue weighted by Gasteiger charge is 2.40. The minimum absolute atomic E-state index is 0.00164. The molecular formula is C17H23N5O2S. The van der Waals surface area contributed by atoms with Crippen LogP contribution in [0.15, 0.2) is 11.4 Å². The lowest BCUT2D eigenvalue weighted by Crippen LogP contribution is -2.35. The molecule has 0 unspecified atom stereocenters. The van der Waals surface area contributed by atoms with E-state index in [-0.39, 0.29) is 18.0 Å². The topological polar surface area (TPSA) is 93.2 Å². The van der Waals surface area contributed by atoms with Gasteiger partial charge in [0.2, 0.25) is 11.8 Å². The average molecular weight is 361 g/mol. The van der Waals surface area contributed by atoms with E-state index in [4.69, 9.17) is 5.73 Å². The molecule has 2 aromatic rings. The van der Waals surface area contributed by atoms with E-state index >= 15 is 0 Å². The Balaban J connectivity index is 1.81. The minimum Gasteiger partial charge on any atom is -0.366 e. The molecule has 1 aliphatic heterocycles. The Morgan fingerprint density at radius 3 is 2.72 bits per heavy atom. The number of amides is 2. The van der Waals surface area contributed by atoms with Crippen molar-refractivity contribution in [2.75, 3.05) is 7.05 Å². The number of hydrogen-bond donors (Lipinski definition) is 2. The van der Waals surface area contributed by atoms with Gasteiger partial charge in [0.25, 0.3) is 0 Å². The predicted molar refractivity (Wildman–Crippen MR) is 96.3 cm³/mol. The fourth-order valence-electron chi connectivity index (χ4n) is 3.50. The van der Waals surface area contributed by atoms with Gasteiger partial charge in [-0.3, -0.25) is 14.3 Å². The molecule has 1 fully saturated rings. The number of nitrogens with one attached hydrogen (secondary N) is 1. The first-order valence-corrected chi connectivity index (χ1v) is 9.04. The number of rotatable bonds is 5. The molecule has 3 rings (SSSR count). The van der Waals surface area contributed by atoms with Crippen molar-refractivity contribution >= 4 is 23.2 Å². The molecule has 7 nitrogen and oxygen atoms in total. The fourth-order valence-corrected chi connectivity index (χ4v) is 4.32. The summed E-state index contributed by atoms with van der Waals surface area (Å²) in [5, 5.41) is 9.74. The lowest BCUT2D eigenvalue weighted by Gasteiger charge is -2.26. The predicted octanol–water partition coefficient (Wildman–Crippen LogP) is 1.26. The molecule has 2 aromatic heterocycles. The fraction of sp³-hybridized carbons (Fsp3) is 0.471. The highest BCUT2D eigenvalue weighted by atomic mass is 32.1. The standard InChI is InChI=1S/C17H23N5O2S/c1-9-15(10(2)22(4)20-9)16-13(6-14(23)21(16)3)19-7-12-5-11(8-25-12)17(18)24/h5,8,13,16,19H,6-7H2,1-4H3,(H2,18,24)/t13-,16-/m1/s1. The van der Waals surface area contributed by atoms with Gasteiger partial charge < -0.3 is 16.0 Å². The molecule has 25 heavy (non-hydrogen) atoms. The molecule has 1 aliphatic rings. The number of nitrogens with two attached hydrogens (primary N) is 1. The third kappa shape index (κ3) is 3.19. The highest BCUT2D eigenvalue weighted by Crippen LogP contribution is 2.35. The molecule has 134 valence electrons. The Bertz CT molecular complexity index is 825. The van der Waals surface area contributed by atoms with Gasteiger partial charge in [-0.25, -0.2) is 0 Å². The van der Waals surface area contributed by atoms with E-state index in [2.05, 4.69) is 10.4 Å². The van der Waals surface area contributed by atoms with Gasteiger partial charge in [0.1, 0.15) is 0 Å². The third-order valence-electron chi connectivity index (χ3n) is 4.92. The average Bonchev–Trinajstić information content (AvgIpc) is 3.19. The van der Waals surface area contributed by atoms with Crippen molar-refractivity contribution in [1.29, 1.82) is 0 Å². The number of carbonyl (C=O) groups is 2. The van der Waals surface area contributed by atoms with Crippen LogP contribution in [0.5, 0.6) is 0 Å². The van der Waals surface area contributed by atoms with E-state index in [0.717, 1.165) is 21.8 Å². The van der Waals surface area contributed by atoms with E-state index in [0.29, 0.717) is 18.5 Å². The molecule has 0 aliphatic carbocycles. The second-order valence-electron chi connectivity index (χ2n) is 6.52. The van der Waals surface area contributed by atoms with E-state index in [1.165, 1.54) is 11.3 Å². The SMILES string of the molecule is Cc1nn(C)c(C)c1[C@H]1[C@H](NCc2cc(C(N)=O)cs2)CC(=O)N1C. The van der Waals surface area contributed by atoms with Crippen LogP contribution in [-0.4, -0.2) is 39.6 Å². The largest absolute Gasteiger partial charge is 0.366 e. The van der Waals surface area contributed by atoms with Gasteiger partial charge in [-0.05, 0) is 19.9 Å². The van der Waals surface area contributed by atoms with E-state index in [1.54, 1.807) is 16.3 Å². The lowest BCUT2D eigenvalue weighted by molar-refractivity contribution is -0.127. The van der Waals surface area contributed by atoms with Crippen LogP contribution in [-0.2, 0) is 18.4 Å². The molecule has 3 N–H and O–H groups in total. The molecule has 0 spiro atoms. The second-order valence-corrected chi connectivity index (χ2v) is 7.51. The molecule has 1 saturated heterocycles. The summed E-state index contributed by atoms with van der Waals surface area (Å²) >= 11 is 1.49. The van der Waals surface area contributed by atoms with Crippen LogP contribution >= 0.6 is 11.3 Å². The first-order chi connectivity index (χ1) is 11.8. The molecule has 0 saturated carbocycles.